The number of nitrogens with zero attached hydrogens (tertiary/aromatic N) is 1. The Hall–Kier alpha value is -3.54. The first-order valence-corrected chi connectivity index (χ1v) is 16.8. The van der Waals surface area contributed by atoms with Gasteiger partial charge >= 0.3 is 6.09 Å². The Labute approximate surface area is 265 Å². The van der Waals surface area contributed by atoms with Crippen LogP contribution in [0.25, 0.3) is 21.2 Å². The minimum atomic E-state index is -1.16. The Morgan fingerprint density at radius 1 is 1.07 bits per heavy atom. The van der Waals surface area contributed by atoms with Crippen LogP contribution >= 0.6 is 22.9 Å². The average Bonchev–Trinajstić information content (AvgIpc) is 3.38. The second-order valence-corrected chi connectivity index (χ2v) is 13.6. The molecule has 1 aromatic heterocycles. The van der Waals surface area contributed by atoms with E-state index in [4.69, 9.17) is 21.4 Å². The molecule has 0 spiro atoms. The number of carbonyl (C=O) groups is 2. The normalized spacial score (nSPS) is 17.3. The van der Waals surface area contributed by atoms with Crippen LogP contribution in [0.15, 0.2) is 59.5 Å². The van der Waals surface area contributed by atoms with Crippen molar-refractivity contribution in [3.05, 3.63) is 81.7 Å². The third-order valence-electron chi connectivity index (χ3n) is 8.06. The van der Waals surface area contributed by atoms with Crippen LogP contribution in [0.3, 0.4) is 0 Å². The molecule has 1 unspecified atom stereocenters. The smallest absolute Gasteiger partial charge is 0.404 e. The van der Waals surface area contributed by atoms with E-state index < -0.39 is 34.4 Å². The van der Waals surface area contributed by atoms with Gasteiger partial charge in [0.15, 0.2) is 0 Å². The number of carbonyl (C=O) groups excluding carboxylic acids is 1. The van der Waals surface area contributed by atoms with Crippen LogP contribution < -0.4 is 10.1 Å². The fourth-order valence-corrected chi connectivity index (χ4v) is 7.81. The van der Waals surface area contributed by atoms with E-state index in [-0.39, 0.29) is 38.5 Å². The Balaban J connectivity index is 1.53. The standard InChI is InChI=1S/C32H31ClF2N2O5S2/c1-42-26-13-8-20(19-4-3-5-23(15-19)44(2)41)14-21(26)17-37(22-9-6-18(7-10-22)16-36-32(39)40)31(38)30-28(33)27-24(34)11-12-25(35)29(27)43-30/h3-5,8,11-15,18,22,36H,6-7,9-10,16-17H2,1-2H3,(H,39,40). The quantitative estimate of drug-likeness (QED) is 0.192. The SMILES string of the molecule is COc1ccc(-c2cccc(S(C)=O)c2)cc1CN(C(=O)c1sc2c(F)ccc(F)c2c1Cl)C1CCC(CNC(=O)O)CC1. The molecule has 1 aliphatic carbocycles. The number of thiophene rings is 1. The first-order chi connectivity index (χ1) is 21.1. The van der Waals surface area contributed by atoms with Gasteiger partial charge < -0.3 is 20.1 Å². The number of fused-ring (bicyclic) bond motifs is 1. The summed E-state index contributed by atoms with van der Waals surface area (Å²) in [6.07, 6.45) is 3.13. The largest absolute Gasteiger partial charge is 0.496 e. The maximum atomic E-state index is 14.7. The molecular weight excluding hydrogens is 630 g/mol. The van der Waals surface area contributed by atoms with Gasteiger partial charge in [0.2, 0.25) is 0 Å². The summed E-state index contributed by atoms with van der Waals surface area (Å²) in [6.45, 7) is 0.460. The number of carboxylic acid groups (broad SMARTS) is 1. The molecule has 1 fully saturated rings. The number of methoxy groups -OCH3 is 1. The molecule has 232 valence electrons. The zero-order chi connectivity index (χ0) is 31.5. The molecule has 0 saturated heterocycles. The third-order valence-corrected chi connectivity index (χ3v) is 10.7. The van der Waals surface area contributed by atoms with Crippen LogP contribution in [0.2, 0.25) is 5.02 Å². The number of hydrogen-bond acceptors (Lipinski definition) is 5. The molecule has 12 heteroatoms. The topological polar surface area (TPSA) is 95.9 Å². The van der Waals surface area contributed by atoms with Gasteiger partial charge in [0.05, 0.1) is 22.2 Å². The van der Waals surface area contributed by atoms with Crippen LogP contribution in [0.4, 0.5) is 13.6 Å². The molecule has 3 aromatic carbocycles. The van der Waals surface area contributed by atoms with E-state index in [1.54, 1.807) is 24.3 Å². The highest BCUT2D eigenvalue weighted by atomic mass is 35.5. The van der Waals surface area contributed by atoms with Crippen molar-refractivity contribution in [3.8, 4) is 16.9 Å². The number of ether oxygens (including phenoxy) is 1. The van der Waals surface area contributed by atoms with Crippen molar-refractivity contribution in [1.82, 2.24) is 10.2 Å². The number of benzene rings is 3. The number of hydrogen-bond donors (Lipinski definition) is 2. The average molecular weight is 661 g/mol. The maximum absolute atomic E-state index is 14.7. The number of halogens is 3. The summed E-state index contributed by atoms with van der Waals surface area (Å²) in [4.78, 5) is 27.7. The molecule has 0 bridgehead atoms. The molecule has 1 atom stereocenters. The molecule has 2 amide bonds. The summed E-state index contributed by atoms with van der Waals surface area (Å²) in [7, 11) is 0.379. The van der Waals surface area contributed by atoms with Gasteiger partial charge in [-0.3, -0.25) is 9.00 Å². The van der Waals surface area contributed by atoms with Gasteiger partial charge in [-0.15, -0.1) is 11.3 Å². The second kappa shape index (κ2) is 13.6. The lowest BCUT2D eigenvalue weighted by atomic mass is 9.85. The summed E-state index contributed by atoms with van der Waals surface area (Å²) in [5.41, 5.74) is 2.41. The van der Waals surface area contributed by atoms with E-state index in [2.05, 4.69) is 5.32 Å². The van der Waals surface area contributed by atoms with Gasteiger partial charge in [-0.25, -0.2) is 13.6 Å². The number of rotatable bonds is 9. The lowest BCUT2D eigenvalue weighted by molar-refractivity contribution is 0.0592. The Bertz CT molecular complexity index is 1740. The molecule has 5 rings (SSSR count). The Morgan fingerprint density at radius 3 is 2.43 bits per heavy atom. The number of nitrogens with one attached hydrogen (secondary N) is 1. The van der Waals surface area contributed by atoms with Crippen LogP contribution in [0, 0.1) is 17.6 Å². The van der Waals surface area contributed by atoms with E-state index in [1.165, 1.54) is 0 Å². The predicted octanol–water partition coefficient (Wildman–Crippen LogP) is 7.71. The summed E-state index contributed by atoms with van der Waals surface area (Å²) >= 11 is 7.38. The van der Waals surface area contributed by atoms with Crippen molar-refractivity contribution in [2.45, 2.75) is 43.2 Å². The molecular formula is C32H31ClF2N2O5S2. The van der Waals surface area contributed by atoms with E-state index >= 15 is 0 Å². The van der Waals surface area contributed by atoms with E-state index in [0.29, 0.717) is 48.4 Å². The molecule has 0 aliphatic heterocycles. The first kappa shape index (κ1) is 31.9. The molecule has 7 nitrogen and oxygen atoms in total. The lowest BCUT2D eigenvalue weighted by Crippen LogP contribution is -2.43. The van der Waals surface area contributed by atoms with E-state index in [9.17, 15) is 22.6 Å². The van der Waals surface area contributed by atoms with Crippen LogP contribution in [-0.2, 0) is 17.3 Å². The highest BCUT2D eigenvalue weighted by molar-refractivity contribution is 7.84. The molecule has 1 heterocycles. The van der Waals surface area contributed by atoms with Crippen molar-refractivity contribution < 1.29 is 32.4 Å². The van der Waals surface area contributed by atoms with Crippen molar-refractivity contribution in [1.29, 1.82) is 0 Å². The summed E-state index contributed by atoms with van der Waals surface area (Å²) < 4.78 is 47.1. The zero-order valence-corrected chi connectivity index (χ0v) is 26.5. The maximum Gasteiger partial charge on any atom is 0.404 e. The van der Waals surface area contributed by atoms with Gasteiger partial charge in [-0.05, 0) is 79.1 Å². The number of amides is 2. The molecule has 1 aliphatic rings. The minimum Gasteiger partial charge on any atom is -0.496 e. The van der Waals surface area contributed by atoms with E-state index in [1.807, 2.05) is 36.4 Å². The molecule has 2 N–H and O–H groups in total. The van der Waals surface area contributed by atoms with Gasteiger partial charge in [0.25, 0.3) is 5.91 Å². The Morgan fingerprint density at radius 2 is 1.77 bits per heavy atom. The van der Waals surface area contributed by atoms with Crippen LogP contribution in [0.1, 0.15) is 40.9 Å². The molecule has 4 aromatic rings. The summed E-state index contributed by atoms with van der Waals surface area (Å²) in [6, 6.07) is 14.8. The third kappa shape index (κ3) is 6.74. The fraction of sp³-hybridized carbons (Fsp3) is 0.312. The van der Waals surface area contributed by atoms with Crippen molar-refractivity contribution >= 4 is 55.8 Å². The first-order valence-electron chi connectivity index (χ1n) is 14.0. The van der Waals surface area contributed by atoms with Crippen LogP contribution in [-0.4, -0.2) is 52.2 Å². The van der Waals surface area contributed by atoms with Crippen molar-refractivity contribution in [3.63, 3.8) is 0 Å². The zero-order valence-electron chi connectivity index (χ0n) is 24.1. The highest BCUT2D eigenvalue weighted by Gasteiger charge is 2.33. The summed E-state index contributed by atoms with van der Waals surface area (Å²) in [5.74, 6) is -1.12. The van der Waals surface area contributed by atoms with Gasteiger partial charge in [0, 0.05) is 46.6 Å². The van der Waals surface area contributed by atoms with Gasteiger partial charge in [-0.2, -0.15) is 0 Å². The van der Waals surface area contributed by atoms with Crippen LogP contribution in [0.5, 0.6) is 5.75 Å². The van der Waals surface area contributed by atoms with Gasteiger partial charge in [-0.1, -0.05) is 29.8 Å². The van der Waals surface area contributed by atoms with Crippen molar-refractivity contribution in [2.75, 3.05) is 19.9 Å². The molecule has 0 radical (unpaired) electrons. The molecule has 44 heavy (non-hydrogen) atoms. The molecule has 1 saturated carbocycles. The monoisotopic (exact) mass is 660 g/mol. The Kier molecular flexibility index (Phi) is 9.87. The minimum absolute atomic E-state index is 0.0190. The predicted molar refractivity (Wildman–Crippen MR) is 169 cm³/mol. The fourth-order valence-electron chi connectivity index (χ4n) is 5.74. The highest BCUT2D eigenvalue weighted by Crippen LogP contribution is 2.41. The second-order valence-electron chi connectivity index (χ2n) is 10.8. The summed E-state index contributed by atoms with van der Waals surface area (Å²) in [5, 5.41) is 11.2. The van der Waals surface area contributed by atoms with E-state index in [0.717, 1.165) is 34.6 Å². The van der Waals surface area contributed by atoms with Crippen molar-refractivity contribution in [2.24, 2.45) is 5.92 Å². The van der Waals surface area contributed by atoms with Gasteiger partial charge in [0.1, 0.15) is 22.3 Å². The lowest BCUT2D eigenvalue weighted by Gasteiger charge is -2.37.